The monoisotopic (exact) mass is 1410 g/mol. The zero-order valence-corrected chi connectivity index (χ0v) is 64.8. The maximum atomic E-state index is 13.1. The molecule has 0 fully saturated rings. The molecule has 17 nitrogen and oxygen atoms in total. The van der Waals surface area contributed by atoms with Crippen LogP contribution in [0.5, 0.6) is 0 Å². The molecule has 0 saturated carbocycles. The summed E-state index contributed by atoms with van der Waals surface area (Å²) in [5, 5.41) is 10.6. The summed E-state index contributed by atoms with van der Waals surface area (Å²) in [5.41, 5.74) is 0. The SMILES string of the molecule is CC(C)CCCCCCCCCCCCCCCCC(=O)OC[C@H](COP(=O)(O)OCC(O)COP(=O)(O)OC[C@@H](COC(=O)CCCCCCCCCC(C)C)OC(=O)CCCCCCCCCCCC(C)C)OC(=O)CCCCCCCCCCCCCCCCC(C)C. The van der Waals surface area contributed by atoms with Gasteiger partial charge in [0.1, 0.15) is 19.3 Å². The Balaban J connectivity index is 5.24. The van der Waals surface area contributed by atoms with Crippen LogP contribution in [0.3, 0.4) is 0 Å². The number of esters is 4. The Morgan fingerprint density at radius 2 is 0.438 bits per heavy atom. The molecule has 0 aromatic rings. The smallest absolute Gasteiger partial charge is 0.462 e. The van der Waals surface area contributed by atoms with Crippen LogP contribution in [0.15, 0.2) is 0 Å². The lowest BCUT2D eigenvalue weighted by molar-refractivity contribution is -0.161. The number of aliphatic hydroxyl groups is 1. The van der Waals surface area contributed by atoms with Crippen LogP contribution in [-0.2, 0) is 65.4 Å². The van der Waals surface area contributed by atoms with E-state index in [0.717, 1.165) is 114 Å². The molecule has 3 N–H and O–H groups in total. The Bertz CT molecular complexity index is 1880. The molecule has 0 saturated heterocycles. The number of ether oxygens (including phenoxy) is 4. The van der Waals surface area contributed by atoms with Crippen LogP contribution >= 0.6 is 15.6 Å². The van der Waals surface area contributed by atoms with Crippen molar-refractivity contribution in [2.45, 2.75) is 408 Å². The van der Waals surface area contributed by atoms with Gasteiger partial charge in [0.05, 0.1) is 26.4 Å². The molecule has 0 bridgehead atoms. The molecule has 0 aromatic heterocycles. The minimum Gasteiger partial charge on any atom is -0.462 e. The Hall–Kier alpha value is -1.94. The number of carbonyl (C=O) groups is 4. The van der Waals surface area contributed by atoms with E-state index in [1.165, 1.54) is 186 Å². The minimum atomic E-state index is -4.96. The zero-order chi connectivity index (χ0) is 71.0. The molecule has 19 heteroatoms. The number of phosphoric ester groups is 2. The van der Waals surface area contributed by atoms with E-state index in [2.05, 4.69) is 55.4 Å². The van der Waals surface area contributed by atoms with Crippen LogP contribution < -0.4 is 0 Å². The van der Waals surface area contributed by atoms with Crippen molar-refractivity contribution in [3.05, 3.63) is 0 Å². The first-order chi connectivity index (χ1) is 46.1. The van der Waals surface area contributed by atoms with Gasteiger partial charge in [-0.2, -0.15) is 0 Å². The fourth-order valence-corrected chi connectivity index (χ4v) is 13.3. The highest BCUT2D eigenvalue weighted by atomic mass is 31.2. The normalized spacial score (nSPS) is 14.1. The average Bonchev–Trinajstić information content (AvgIpc) is 3.32. The van der Waals surface area contributed by atoms with E-state index in [0.29, 0.717) is 31.6 Å². The molecule has 0 rings (SSSR count). The fraction of sp³-hybridized carbons (Fsp3) is 0.948. The Kier molecular flexibility index (Phi) is 65.0. The van der Waals surface area contributed by atoms with Crippen molar-refractivity contribution >= 4 is 39.5 Å². The van der Waals surface area contributed by atoms with Crippen LogP contribution in [0, 0.1) is 23.7 Å². The van der Waals surface area contributed by atoms with Gasteiger partial charge in [0.15, 0.2) is 12.2 Å². The van der Waals surface area contributed by atoms with E-state index in [9.17, 15) is 43.2 Å². The molecule has 0 amide bonds. The maximum absolute atomic E-state index is 13.1. The molecule has 0 radical (unpaired) electrons. The number of phosphoric acid groups is 2. The summed E-state index contributed by atoms with van der Waals surface area (Å²) in [7, 11) is -9.91. The number of hydrogen-bond donors (Lipinski definition) is 3. The van der Waals surface area contributed by atoms with Gasteiger partial charge < -0.3 is 33.8 Å². The Morgan fingerprint density at radius 1 is 0.260 bits per heavy atom. The van der Waals surface area contributed by atoms with E-state index in [1.807, 2.05) is 0 Å². The van der Waals surface area contributed by atoms with E-state index in [1.54, 1.807) is 0 Å². The number of rotatable bonds is 74. The fourth-order valence-electron chi connectivity index (χ4n) is 11.7. The van der Waals surface area contributed by atoms with Crippen molar-refractivity contribution in [1.29, 1.82) is 0 Å². The van der Waals surface area contributed by atoms with Crippen molar-refractivity contribution in [3.8, 4) is 0 Å². The number of unbranched alkanes of at least 4 members (excludes halogenated alkanes) is 40. The third kappa shape index (κ3) is 70.5. The van der Waals surface area contributed by atoms with Crippen LogP contribution in [0.2, 0.25) is 0 Å². The maximum Gasteiger partial charge on any atom is 0.472 e. The predicted octanol–water partition coefficient (Wildman–Crippen LogP) is 22.4. The zero-order valence-electron chi connectivity index (χ0n) is 63.0. The van der Waals surface area contributed by atoms with Gasteiger partial charge in [-0.25, -0.2) is 9.13 Å². The lowest BCUT2D eigenvalue weighted by Crippen LogP contribution is -2.30. The molecule has 0 heterocycles. The summed E-state index contributed by atoms with van der Waals surface area (Å²) in [6.45, 7) is 14.2. The summed E-state index contributed by atoms with van der Waals surface area (Å²) in [6.07, 6.45) is 51.4. The van der Waals surface area contributed by atoms with Gasteiger partial charge in [-0.1, -0.05) is 338 Å². The number of hydrogen-bond acceptors (Lipinski definition) is 15. The molecule has 96 heavy (non-hydrogen) atoms. The van der Waals surface area contributed by atoms with Gasteiger partial charge >= 0.3 is 39.5 Å². The largest absolute Gasteiger partial charge is 0.472 e. The summed E-state index contributed by atoms with van der Waals surface area (Å²) >= 11 is 0. The van der Waals surface area contributed by atoms with E-state index in [-0.39, 0.29) is 25.7 Å². The van der Waals surface area contributed by atoms with Crippen molar-refractivity contribution in [1.82, 2.24) is 0 Å². The molecule has 0 spiro atoms. The molecule has 0 aliphatic rings. The van der Waals surface area contributed by atoms with E-state index in [4.69, 9.17) is 37.0 Å². The molecule has 0 aliphatic heterocycles. The average molecular weight is 1410 g/mol. The van der Waals surface area contributed by atoms with Crippen molar-refractivity contribution < 1.29 is 80.2 Å². The second-order valence-corrected chi connectivity index (χ2v) is 32.6. The lowest BCUT2D eigenvalue weighted by atomic mass is 10.0. The van der Waals surface area contributed by atoms with Gasteiger partial charge in [-0.05, 0) is 49.4 Å². The van der Waals surface area contributed by atoms with Crippen LogP contribution in [-0.4, -0.2) is 96.7 Å². The van der Waals surface area contributed by atoms with Gasteiger partial charge in [0, 0.05) is 25.7 Å². The highest BCUT2D eigenvalue weighted by Crippen LogP contribution is 2.45. The Morgan fingerprint density at radius 3 is 0.646 bits per heavy atom. The van der Waals surface area contributed by atoms with Crippen LogP contribution in [0.25, 0.3) is 0 Å². The first kappa shape index (κ1) is 94.1. The van der Waals surface area contributed by atoms with E-state index >= 15 is 0 Å². The quantitative estimate of drug-likeness (QED) is 0.0222. The summed E-state index contributed by atoms with van der Waals surface area (Å²) in [6, 6.07) is 0. The molecular formula is C77H150O17P2. The molecule has 5 atom stereocenters. The third-order valence-electron chi connectivity index (χ3n) is 17.8. The first-order valence-corrected chi connectivity index (χ1v) is 42.7. The van der Waals surface area contributed by atoms with Crippen molar-refractivity contribution in [2.24, 2.45) is 23.7 Å². The number of carbonyl (C=O) groups excluding carboxylic acids is 4. The molecule has 0 aromatic carbocycles. The summed E-state index contributed by atoms with van der Waals surface area (Å²) in [5.74, 6) is 0.915. The second-order valence-electron chi connectivity index (χ2n) is 29.7. The highest BCUT2D eigenvalue weighted by Gasteiger charge is 2.30. The standard InChI is InChI=1S/C77H150O17P2/c1-67(2)53-45-37-29-22-17-13-9-11-15-19-25-33-41-49-57-74(79)87-63-72(93-76(81)59-51-43-34-26-20-16-12-10-14-18-23-30-38-46-54-68(3)4)65-91-95(83,84)89-61-71(78)62-90-96(85,86)92-66-73(64-88-75(80)58-50-42-36-28-32-40-48-56-70(7)8)94-77(82)60-52-44-35-27-21-24-31-39-47-55-69(5)6/h67-73,78H,9-66H2,1-8H3,(H,83,84)(H,85,86)/t71?,72-,73-/m1/s1. The van der Waals surface area contributed by atoms with Crippen LogP contribution in [0.4, 0.5) is 0 Å². The third-order valence-corrected chi connectivity index (χ3v) is 19.7. The Labute approximate surface area is 588 Å². The van der Waals surface area contributed by atoms with Gasteiger partial charge in [0.25, 0.3) is 0 Å². The first-order valence-electron chi connectivity index (χ1n) is 39.7. The number of aliphatic hydroxyl groups excluding tert-OH is 1. The molecule has 570 valence electrons. The molecular weight excluding hydrogens is 1260 g/mol. The highest BCUT2D eigenvalue weighted by molar-refractivity contribution is 7.47. The second kappa shape index (κ2) is 66.3. The minimum absolute atomic E-state index is 0.104. The summed E-state index contributed by atoms with van der Waals surface area (Å²) in [4.78, 5) is 72.8. The van der Waals surface area contributed by atoms with Crippen molar-refractivity contribution in [2.75, 3.05) is 39.6 Å². The van der Waals surface area contributed by atoms with Gasteiger partial charge in [0.2, 0.25) is 0 Å². The summed E-state index contributed by atoms with van der Waals surface area (Å²) < 4.78 is 68.5. The van der Waals surface area contributed by atoms with E-state index < -0.39 is 97.5 Å². The topological polar surface area (TPSA) is 237 Å². The van der Waals surface area contributed by atoms with Gasteiger partial charge in [-0.3, -0.25) is 37.3 Å². The van der Waals surface area contributed by atoms with Crippen molar-refractivity contribution in [3.63, 3.8) is 0 Å². The predicted molar refractivity (Wildman–Crippen MR) is 391 cm³/mol. The lowest BCUT2D eigenvalue weighted by Gasteiger charge is -2.21. The molecule has 0 aliphatic carbocycles. The van der Waals surface area contributed by atoms with Crippen LogP contribution in [0.1, 0.15) is 389 Å². The van der Waals surface area contributed by atoms with Gasteiger partial charge in [-0.15, -0.1) is 0 Å². The molecule has 3 unspecified atom stereocenters.